The summed E-state index contributed by atoms with van der Waals surface area (Å²) in [6, 6.07) is 20.9. The van der Waals surface area contributed by atoms with Gasteiger partial charge in [-0.15, -0.1) is 0 Å². The van der Waals surface area contributed by atoms with Crippen LogP contribution in [0.3, 0.4) is 0 Å². The van der Waals surface area contributed by atoms with Crippen molar-refractivity contribution in [2.24, 2.45) is 0 Å². The lowest BCUT2D eigenvalue weighted by molar-refractivity contribution is -0.142. The number of nitrogens with zero attached hydrogens (tertiary/aromatic N) is 1. The lowest BCUT2D eigenvalue weighted by atomic mass is 10.1. The average molecular weight is 390 g/mol. The van der Waals surface area contributed by atoms with Gasteiger partial charge in [0.15, 0.2) is 6.61 Å². The topological polar surface area (TPSA) is 58.6 Å². The van der Waals surface area contributed by atoms with Gasteiger partial charge in [-0.1, -0.05) is 66.2 Å². The van der Waals surface area contributed by atoms with Crippen LogP contribution in [0.1, 0.15) is 18.1 Å². The molecule has 0 aliphatic carbocycles. The highest BCUT2D eigenvalue weighted by molar-refractivity contribution is 5.90. The van der Waals surface area contributed by atoms with E-state index in [0.717, 1.165) is 21.9 Å². The van der Waals surface area contributed by atoms with Crippen LogP contribution in [-0.2, 0) is 16.1 Å². The molecule has 3 aromatic carbocycles. The van der Waals surface area contributed by atoms with Crippen molar-refractivity contribution in [2.75, 3.05) is 13.7 Å². The first-order valence-corrected chi connectivity index (χ1v) is 9.66. The Hall–Kier alpha value is -3.34. The minimum absolute atomic E-state index is 0.138. The van der Waals surface area contributed by atoms with E-state index in [9.17, 15) is 9.59 Å². The number of benzene rings is 3. The second-order valence-electron chi connectivity index (χ2n) is 7.07. The summed E-state index contributed by atoms with van der Waals surface area (Å²) in [6.45, 7) is 3.93. The second-order valence-corrected chi connectivity index (χ2v) is 7.07. The van der Waals surface area contributed by atoms with Crippen molar-refractivity contribution in [1.29, 1.82) is 0 Å². The largest absolute Gasteiger partial charge is 0.483 e. The average Bonchev–Trinajstić information content (AvgIpc) is 2.74. The van der Waals surface area contributed by atoms with E-state index in [1.807, 2.05) is 73.7 Å². The number of amides is 2. The molecule has 29 heavy (non-hydrogen) atoms. The van der Waals surface area contributed by atoms with Gasteiger partial charge in [0.25, 0.3) is 5.91 Å². The fourth-order valence-electron chi connectivity index (χ4n) is 3.34. The summed E-state index contributed by atoms with van der Waals surface area (Å²) >= 11 is 0. The van der Waals surface area contributed by atoms with Gasteiger partial charge in [-0.05, 0) is 30.9 Å². The van der Waals surface area contributed by atoms with E-state index >= 15 is 0 Å². The molecule has 1 atom stereocenters. The van der Waals surface area contributed by atoms with Gasteiger partial charge in [0.2, 0.25) is 5.91 Å². The van der Waals surface area contributed by atoms with Gasteiger partial charge in [-0.3, -0.25) is 9.59 Å². The monoisotopic (exact) mass is 390 g/mol. The number of hydrogen-bond donors (Lipinski definition) is 1. The van der Waals surface area contributed by atoms with E-state index in [2.05, 4.69) is 5.32 Å². The Labute approximate surface area is 171 Å². The summed E-state index contributed by atoms with van der Waals surface area (Å²) in [6.07, 6.45) is 0. The predicted molar refractivity (Wildman–Crippen MR) is 115 cm³/mol. The zero-order valence-electron chi connectivity index (χ0n) is 17.0. The Bertz CT molecular complexity index is 1010. The van der Waals surface area contributed by atoms with Gasteiger partial charge in [0, 0.05) is 19.0 Å². The number of hydrogen-bond acceptors (Lipinski definition) is 3. The van der Waals surface area contributed by atoms with Crippen LogP contribution in [0.25, 0.3) is 10.8 Å². The van der Waals surface area contributed by atoms with Crippen LogP contribution in [0.15, 0.2) is 66.7 Å². The smallest absolute Gasteiger partial charge is 0.261 e. The minimum atomic E-state index is -0.607. The molecule has 3 rings (SSSR count). The molecule has 0 saturated heterocycles. The Morgan fingerprint density at radius 2 is 1.76 bits per heavy atom. The Morgan fingerprint density at radius 1 is 1.03 bits per heavy atom. The second kappa shape index (κ2) is 9.24. The standard InChI is InChI=1S/C24H26N2O3/c1-17-8-6-9-19(14-17)15-26(18(2)24(28)25-3)23(27)16-29-22-13-7-11-20-10-4-5-12-21(20)22/h4-14,18H,15-16H2,1-3H3,(H,25,28)/t18-/m1/s1. The van der Waals surface area contributed by atoms with Crippen LogP contribution >= 0.6 is 0 Å². The maximum absolute atomic E-state index is 13.0. The fourth-order valence-corrected chi connectivity index (χ4v) is 3.34. The SMILES string of the molecule is CNC(=O)[C@@H](C)N(Cc1cccc(C)c1)C(=O)COc1cccc2ccccc12. The maximum Gasteiger partial charge on any atom is 0.261 e. The third-order valence-corrected chi connectivity index (χ3v) is 4.95. The van der Waals surface area contributed by atoms with Crippen molar-refractivity contribution in [3.63, 3.8) is 0 Å². The molecule has 0 radical (unpaired) electrons. The normalized spacial score (nSPS) is 11.7. The molecule has 3 aromatic rings. The first-order chi connectivity index (χ1) is 14.0. The molecule has 0 spiro atoms. The van der Waals surface area contributed by atoms with Crippen molar-refractivity contribution in [3.8, 4) is 5.75 Å². The van der Waals surface area contributed by atoms with Crippen molar-refractivity contribution in [3.05, 3.63) is 77.9 Å². The molecule has 0 fully saturated rings. The molecule has 0 aliphatic heterocycles. The molecule has 0 aliphatic rings. The lowest BCUT2D eigenvalue weighted by Gasteiger charge is -2.28. The summed E-state index contributed by atoms with van der Waals surface area (Å²) < 4.78 is 5.86. The number of aryl methyl sites for hydroxylation is 1. The highest BCUT2D eigenvalue weighted by Crippen LogP contribution is 2.25. The quantitative estimate of drug-likeness (QED) is 0.669. The minimum Gasteiger partial charge on any atom is -0.483 e. The number of nitrogens with one attached hydrogen (secondary N) is 1. The van der Waals surface area contributed by atoms with Gasteiger partial charge in [-0.25, -0.2) is 0 Å². The van der Waals surface area contributed by atoms with Gasteiger partial charge in [-0.2, -0.15) is 0 Å². The first kappa shape index (κ1) is 20.4. The molecule has 5 nitrogen and oxygen atoms in total. The molecule has 0 aromatic heterocycles. The van der Waals surface area contributed by atoms with Crippen LogP contribution in [0.4, 0.5) is 0 Å². The molecule has 1 N–H and O–H groups in total. The zero-order valence-corrected chi connectivity index (χ0v) is 17.0. The Kier molecular flexibility index (Phi) is 6.50. The highest BCUT2D eigenvalue weighted by Gasteiger charge is 2.26. The van der Waals surface area contributed by atoms with E-state index in [0.29, 0.717) is 12.3 Å². The summed E-state index contributed by atoms with van der Waals surface area (Å²) in [5.74, 6) is 0.200. The van der Waals surface area contributed by atoms with Crippen molar-refractivity contribution in [1.82, 2.24) is 10.2 Å². The summed E-state index contributed by atoms with van der Waals surface area (Å²) in [4.78, 5) is 26.8. The van der Waals surface area contributed by atoms with Gasteiger partial charge in [0.1, 0.15) is 11.8 Å². The van der Waals surface area contributed by atoms with Gasteiger partial charge in [0.05, 0.1) is 0 Å². The Balaban J connectivity index is 1.79. The Morgan fingerprint density at radius 3 is 2.52 bits per heavy atom. The summed E-state index contributed by atoms with van der Waals surface area (Å²) in [7, 11) is 1.57. The van der Waals surface area contributed by atoms with Crippen LogP contribution < -0.4 is 10.1 Å². The molecular formula is C24H26N2O3. The molecular weight excluding hydrogens is 364 g/mol. The third kappa shape index (κ3) is 4.93. The highest BCUT2D eigenvalue weighted by atomic mass is 16.5. The number of rotatable bonds is 7. The summed E-state index contributed by atoms with van der Waals surface area (Å²) in [5.41, 5.74) is 2.08. The lowest BCUT2D eigenvalue weighted by Crippen LogP contribution is -2.48. The van der Waals surface area contributed by atoms with Crippen molar-refractivity contribution >= 4 is 22.6 Å². The van der Waals surface area contributed by atoms with Crippen LogP contribution in [0.2, 0.25) is 0 Å². The van der Waals surface area contributed by atoms with Crippen LogP contribution in [-0.4, -0.2) is 36.4 Å². The molecule has 0 bridgehead atoms. The van der Waals surface area contributed by atoms with E-state index in [4.69, 9.17) is 4.74 Å². The molecule has 0 heterocycles. The third-order valence-electron chi connectivity index (χ3n) is 4.95. The fraction of sp³-hybridized carbons (Fsp3) is 0.250. The van der Waals surface area contributed by atoms with E-state index in [-0.39, 0.29) is 18.4 Å². The number of ether oxygens (including phenoxy) is 1. The van der Waals surface area contributed by atoms with Crippen molar-refractivity contribution < 1.29 is 14.3 Å². The van der Waals surface area contributed by atoms with Gasteiger partial charge < -0.3 is 15.0 Å². The van der Waals surface area contributed by atoms with Crippen LogP contribution in [0.5, 0.6) is 5.75 Å². The predicted octanol–water partition coefficient (Wildman–Crippen LogP) is 3.69. The molecule has 2 amide bonds. The number of carbonyl (C=O) groups is 2. The maximum atomic E-state index is 13.0. The summed E-state index contributed by atoms with van der Waals surface area (Å²) in [5, 5.41) is 4.62. The molecule has 5 heteroatoms. The zero-order chi connectivity index (χ0) is 20.8. The van der Waals surface area contributed by atoms with Crippen molar-refractivity contribution in [2.45, 2.75) is 26.4 Å². The van der Waals surface area contributed by atoms with E-state index < -0.39 is 6.04 Å². The van der Waals surface area contributed by atoms with E-state index in [1.54, 1.807) is 18.9 Å². The number of likely N-dealkylation sites (N-methyl/N-ethyl adjacent to an activating group) is 1. The van der Waals surface area contributed by atoms with E-state index in [1.165, 1.54) is 0 Å². The molecule has 0 unspecified atom stereocenters. The molecule has 150 valence electrons. The molecule has 0 saturated carbocycles. The number of fused-ring (bicyclic) bond motifs is 1. The first-order valence-electron chi connectivity index (χ1n) is 9.66. The van der Waals surface area contributed by atoms with Gasteiger partial charge >= 0.3 is 0 Å². The number of carbonyl (C=O) groups excluding carboxylic acids is 2. The van der Waals surface area contributed by atoms with Crippen LogP contribution in [0, 0.1) is 6.92 Å².